The molecule has 0 aliphatic rings. The molecule has 0 amide bonds. The van der Waals surface area contributed by atoms with Gasteiger partial charge in [-0.3, -0.25) is 4.79 Å². The van der Waals surface area contributed by atoms with Crippen molar-refractivity contribution in [1.29, 1.82) is 0 Å². The zero-order chi connectivity index (χ0) is 34.3. The number of benzene rings is 3. The van der Waals surface area contributed by atoms with Crippen molar-refractivity contribution in [2.75, 3.05) is 13.6 Å². The van der Waals surface area contributed by atoms with E-state index >= 15 is 0 Å². The van der Waals surface area contributed by atoms with Gasteiger partial charge < -0.3 is 28.4 Å². The van der Waals surface area contributed by atoms with E-state index in [1.54, 1.807) is 48.5 Å². The molecule has 0 aliphatic heterocycles. The van der Waals surface area contributed by atoms with Crippen molar-refractivity contribution in [3.05, 3.63) is 120 Å². The molecule has 0 aliphatic carbocycles. The molecule has 0 fully saturated rings. The van der Waals surface area contributed by atoms with Crippen LogP contribution in [0, 0.1) is 0 Å². The number of hydrogen-bond acceptors (Lipinski definition) is 11. The Labute approximate surface area is 271 Å². The van der Waals surface area contributed by atoms with E-state index in [-0.39, 0.29) is 41.8 Å². The highest BCUT2D eigenvalue weighted by Gasteiger charge is 2.14. The van der Waals surface area contributed by atoms with Gasteiger partial charge in [0.15, 0.2) is 5.78 Å². The van der Waals surface area contributed by atoms with Crippen LogP contribution in [0.1, 0.15) is 42.3 Å². The van der Waals surface area contributed by atoms with Gasteiger partial charge in [-0.25, -0.2) is 19.2 Å². The Kier molecular flexibility index (Phi) is 13.0. The van der Waals surface area contributed by atoms with Crippen molar-refractivity contribution >= 4 is 41.8 Å². The molecule has 11 nitrogen and oxygen atoms in total. The molecular formula is C36H32O11. The summed E-state index contributed by atoms with van der Waals surface area (Å²) in [5.74, 6) is -2.01. The first-order valence-electron chi connectivity index (χ1n) is 14.0. The van der Waals surface area contributed by atoms with Gasteiger partial charge in [0.1, 0.15) is 23.0 Å². The minimum atomic E-state index is -0.739. The minimum absolute atomic E-state index is 0.00718. The molecule has 0 spiro atoms. The number of Topliss-reactive ketones (excluding diaryl/α,β-unsaturated/α-hetero) is 1. The van der Waals surface area contributed by atoms with Crippen molar-refractivity contribution in [3.63, 3.8) is 0 Å². The Balaban J connectivity index is 1.52. The largest absolute Gasteiger partial charge is 0.457 e. The Morgan fingerprint density at radius 1 is 0.596 bits per heavy atom. The topological polar surface area (TPSA) is 141 Å². The van der Waals surface area contributed by atoms with Crippen LogP contribution in [0.5, 0.6) is 23.0 Å². The lowest BCUT2D eigenvalue weighted by Gasteiger charge is -2.09. The molecule has 11 heteroatoms. The predicted molar refractivity (Wildman–Crippen MR) is 171 cm³/mol. The van der Waals surface area contributed by atoms with Crippen molar-refractivity contribution in [3.8, 4) is 23.0 Å². The maximum Gasteiger partial charge on any atom is 0.336 e. The number of rotatable bonds is 15. The molecule has 3 rings (SSSR count). The molecule has 0 heterocycles. The van der Waals surface area contributed by atoms with E-state index in [2.05, 4.69) is 13.2 Å². The van der Waals surface area contributed by atoms with E-state index in [4.69, 9.17) is 28.4 Å². The lowest BCUT2D eigenvalue weighted by atomic mass is 10.1. The minimum Gasteiger partial charge on any atom is -0.457 e. The van der Waals surface area contributed by atoms with Crippen molar-refractivity contribution < 1.29 is 52.4 Å². The number of ketones is 1. The summed E-state index contributed by atoms with van der Waals surface area (Å²) in [6, 6.07) is 17.3. The van der Waals surface area contributed by atoms with Crippen LogP contribution in [0.2, 0.25) is 0 Å². The Morgan fingerprint density at radius 2 is 1.02 bits per heavy atom. The van der Waals surface area contributed by atoms with Crippen molar-refractivity contribution in [1.82, 2.24) is 0 Å². The average Bonchev–Trinajstić information content (AvgIpc) is 3.04. The molecule has 0 aromatic heterocycles. The second-order valence-corrected chi connectivity index (χ2v) is 9.81. The molecule has 0 saturated heterocycles. The van der Waals surface area contributed by atoms with Crippen LogP contribution in [0.3, 0.4) is 0 Å². The van der Waals surface area contributed by atoms with E-state index in [9.17, 15) is 24.0 Å². The van der Waals surface area contributed by atoms with Crippen LogP contribution in [-0.2, 0) is 28.7 Å². The number of carbonyl (C=O) groups is 5. The second-order valence-electron chi connectivity index (χ2n) is 9.81. The fraction of sp³-hybridized carbons (Fsp3) is 0.139. The number of carbonyl (C=O) groups excluding carboxylic acids is 5. The highest BCUT2D eigenvalue weighted by Crippen LogP contribution is 2.26. The van der Waals surface area contributed by atoms with Gasteiger partial charge in [0.2, 0.25) is 13.6 Å². The number of ether oxygens (including phenoxy) is 6. The summed E-state index contributed by atoms with van der Waals surface area (Å²) in [5, 5.41) is 0. The van der Waals surface area contributed by atoms with Gasteiger partial charge in [-0.1, -0.05) is 37.4 Å². The van der Waals surface area contributed by atoms with Crippen molar-refractivity contribution in [2.45, 2.75) is 20.8 Å². The molecular weight excluding hydrogens is 608 g/mol. The quantitative estimate of drug-likeness (QED) is 0.0631. The second kappa shape index (κ2) is 17.3. The van der Waals surface area contributed by atoms with Gasteiger partial charge in [-0.2, -0.15) is 0 Å². The first kappa shape index (κ1) is 35.3. The zero-order valence-electron chi connectivity index (χ0n) is 26.0. The fourth-order valence-electron chi connectivity index (χ4n) is 3.46. The van der Waals surface area contributed by atoms with Gasteiger partial charge in [0.05, 0.1) is 5.56 Å². The van der Waals surface area contributed by atoms with E-state index in [1.165, 1.54) is 63.3 Å². The van der Waals surface area contributed by atoms with Crippen LogP contribution in [0.4, 0.5) is 0 Å². The van der Waals surface area contributed by atoms with Crippen LogP contribution >= 0.6 is 0 Å². The molecule has 3 aromatic rings. The van der Waals surface area contributed by atoms with Gasteiger partial charge >= 0.3 is 23.9 Å². The normalized spacial score (nSPS) is 10.6. The highest BCUT2D eigenvalue weighted by atomic mass is 16.7. The monoisotopic (exact) mass is 640 g/mol. The summed E-state index contributed by atoms with van der Waals surface area (Å²) >= 11 is 0. The molecule has 47 heavy (non-hydrogen) atoms. The van der Waals surface area contributed by atoms with Crippen LogP contribution in [0.25, 0.3) is 12.2 Å². The summed E-state index contributed by atoms with van der Waals surface area (Å²) in [5.41, 5.74) is 1.88. The number of hydrogen-bond donors (Lipinski definition) is 0. The molecule has 3 aromatic carbocycles. The summed E-state index contributed by atoms with van der Waals surface area (Å²) in [6.07, 6.45) is 5.41. The Morgan fingerprint density at radius 3 is 1.45 bits per heavy atom. The molecule has 0 atom stereocenters. The first-order valence-corrected chi connectivity index (χ1v) is 14.0. The van der Waals surface area contributed by atoms with Gasteiger partial charge in [0.25, 0.3) is 0 Å². The lowest BCUT2D eigenvalue weighted by molar-refractivity contribution is -0.146. The predicted octanol–water partition coefficient (Wildman–Crippen LogP) is 6.04. The average molecular weight is 641 g/mol. The molecule has 0 saturated carbocycles. The van der Waals surface area contributed by atoms with E-state index < -0.39 is 29.7 Å². The third kappa shape index (κ3) is 12.0. The number of esters is 4. The summed E-state index contributed by atoms with van der Waals surface area (Å²) in [6.45, 7) is 10.8. The van der Waals surface area contributed by atoms with E-state index in [1.807, 2.05) is 0 Å². The van der Waals surface area contributed by atoms with E-state index in [0.29, 0.717) is 22.6 Å². The van der Waals surface area contributed by atoms with Crippen molar-refractivity contribution in [2.24, 2.45) is 0 Å². The summed E-state index contributed by atoms with van der Waals surface area (Å²) in [4.78, 5) is 59.9. The molecule has 0 radical (unpaired) electrons. The van der Waals surface area contributed by atoms with Gasteiger partial charge in [-0.15, -0.1) is 0 Å². The third-order valence-electron chi connectivity index (χ3n) is 5.87. The van der Waals surface area contributed by atoms with Crippen LogP contribution in [0.15, 0.2) is 103 Å². The smallest absolute Gasteiger partial charge is 0.336 e. The maximum atomic E-state index is 12.5. The molecule has 242 valence electrons. The fourth-order valence-corrected chi connectivity index (χ4v) is 3.46. The van der Waals surface area contributed by atoms with Gasteiger partial charge in [-0.05, 0) is 86.5 Å². The molecule has 0 N–H and O–H groups in total. The van der Waals surface area contributed by atoms with Crippen LogP contribution in [-0.4, -0.2) is 43.2 Å². The molecule has 0 bridgehead atoms. The Bertz CT molecular complexity index is 1710. The van der Waals surface area contributed by atoms with E-state index in [0.717, 1.165) is 0 Å². The zero-order valence-corrected chi connectivity index (χ0v) is 26.0. The highest BCUT2D eigenvalue weighted by molar-refractivity contribution is 5.99. The SMILES string of the molecule is C=C(C)C(=O)OCOc1ccc(C=CC(=O)Oc2ccc(OC(=O)C=Cc3ccc(OCOC(=O)C(=C)C)cc3)c(C(C)=O)c2)cc1. The Hall–Kier alpha value is -6.23. The summed E-state index contributed by atoms with van der Waals surface area (Å²) < 4.78 is 31.1. The van der Waals surface area contributed by atoms with Gasteiger partial charge in [0, 0.05) is 23.3 Å². The lowest BCUT2D eigenvalue weighted by Crippen LogP contribution is -2.10. The van der Waals surface area contributed by atoms with Crippen LogP contribution < -0.4 is 18.9 Å². The standard InChI is InChI=1S/C36H32O11/c1-23(2)35(40)44-21-42-28-12-6-26(7-13-28)10-18-33(38)46-30-16-17-32(31(20-30)25(5)37)47-34(39)19-11-27-8-14-29(15-9-27)43-22-45-36(41)24(3)4/h6-20H,1,3,21-22H2,2,4-5H3. The first-order chi connectivity index (χ1) is 22.4. The maximum absolute atomic E-state index is 12.5. The summed E-state index contributed by atoms with van der Waals surface area (Å²) in [7, 11) is 0. The molecule has 0 unspecified atom stereocenters. The third-order valence-corrected chi connectivity index (χ3v) is 5.87.